The van der Waals surface area contributed by atoms with Gasteiger partial charge in [0.1, 0.15) is 17.2 Å². The summed E-state index contributed by atoms with van der Waals surface area (Å²) in [5.74, 6) is -0.833. The number of anilines is 1. The quantitative estimate of drug-likeness (QED) is 0.494. The number of nitriles is 1. The Morgan fingerprint density at radius 1 is 1.26 bits per heavy atom. The molecule has 2 atom stereocenters. The molecule has 2 aliphatic rings. The highest BCUT2D eigenvalue weighted by Gasteiger charge is 2.33. The number of rotatable bonds is 8. The monoisotopic (exact) mass is 544 g/mol. The summed E-state index contributed by atoms with van der Waals surface area (Å²) < 4.78 is 42.1. The molecule has 1 aliphatic heterocycles. The molecule has 0 radical (unpaired) electrons. The van der Waals surface area contributed by atoms with Gasteiger partial charge in [0.2, 0.25) is 5.43 Å². The fourth-order valence-corrected chi connectivity index (χ4v) is 4.96. The Kier molecular flexibility index (Phi) is 8.04. The molecule has 2 heterocycles. The zero-order valence-electron chi connectivity index (χ0n) is 22.3. The number of pyridine rings is 1. The van der Waals surface area contributed by atoms with E-state index in [2.05, 4.69) is 20.9 Å². The molecular weight excluding hydrogens is 513 g/mol. The normalized spacial score (nSPS) is 17.9. The molecular formula is C26H31BF2N4O6. The number of nitrogens with zero attached hydrogens (tertiary/aromatic N) is 3. The summed E-state index contributed by atoms with van der Waals surface area (Å²) in [4.78, 5) is 39.6. The SMILES string of the molecule is COc1c(N2CCC(CC(C#N)NC(=O)OC(C)(C)C)C2)ccc2c(=O)c(C(=O)OB(F)F)cn(C3CC3)c12. The first-order chi connectivity index (χ1) is 18.4. The summed E-state index contributed by atoms with van der Waals surface area (Å²) in [5, 5.41) is 12.4. The van der Waals surface area contributed by atoms with E-state index in [1.807, 2.05) is 0 Å². The number of carbonyl (C=O) groups excluding carboxylic acids is 2. The summed E-state index contributed by atoms with van der Waals surface area (Å²) in [6.07, 6.45) is 3.45. The Morgan fingerprint density at radius 2 is 1.97 bits per heavy atom. The van der Waals surface area contributed by atoms with E-state index in [1.165, 1.54) is 13.3 Å². The van der Waals surface area contributed by atoms with E-state index in [-0.39, 0.29) is 17.3 Å². The van der Waals surface area contributed by atoms with E-state index in [4.69, 9.17) is 9.47 Å². The van der Waals surface area contributed by atoms with Gasteiger partial charge in [0.05, 0.1) is 29.8 Å². The molecule has 0 spiro atoms. The number of aromatic nitrogens is 1. The van der Waals surface area contributed by atoms with E-state index < -0.39 is 42.2 Å². The van der Waals surface area contributed by atoms with Gasteiger partial charge >= 0.3 is 19.5 Å². The molecule has 10 nitrogen and oxygen atoms in total. The first-order valence-corrected chi connectivity index (χ1v) is 12.8. The van der Waals surface area contributed by atoms with E-state index in [9.17, 15) is 28.3 Å². The predicted octanol–water partition coefficient (Wildman–Crippen LogP) is 4.06. The zero-order chi connectivity index (χ0) is 28.5. The maximum Gasteiger partial charge on any atom is 0.798 e. The lowest BCUT2D eigenvalue weighted by atomic mass is 10.00. The largest absolute Gasteiger partial charge is 0.798 e. The smallest absolute Gasteiger partial charge is 0.492 e. The maximum atomic E-state index is 13.1. The van der Waals surface area contributed by atoms with Crippen molar-refractivity contribution in [3.05, 3.63) is 34.1 Å². The highest BCUT2D eigenvalue weighted by atomic mass is 19.2. The number of alkyl carbamates (subject to hydrolysis) is 1. The second-order valence-electron chi connectivity index (χ2n) is 10.9. The van der Waals surface area contributed by atoms with E-state index >= 15 is 0 Å². The third-order valence-electron chi connectivity index (χ3n) is 6.73. The van der Waals surface area contributed by atoms with Crippen molar-refractivity contribution in [1.29, 1.82) is 5.26 Å². The van der Waals surface area contributed by atoms with Crippen LogP contribution in [-0.2, 0) is 9.39 Å². The van der Waals surface area contributed by atoms with Crippen molar-refractivity contribution in [3.8, 4) is 11.8 Å². The molecule has 1 aromatic heterocycles. The molecule has 208 valence electrons. The van der Waals surface area contributed by atoms with Crippen molar-refractivity contribution < 1.29 is 32.3 Å². The van der Waals surface area contributed by atoms with Crippen LogP contribution in [0.1, 0.15) is 62.9 Å². The lowest BCUT2D eigenvalue weighted by molar-refractivity contribution is 0.0510. The van der Waals surface area contributed by atoms with Crippen LogP contribution in [0.5, 0.6) is 5.75 Å². The van der Waals surface area contributed by atoms with Crippen molar-refractivity contribution in [2.24, 2.45) is 5.92 Å². The number of benzene rings is 1. The average Bonchev–Trinajstić information content (AvgIpc) is 3.59. The summed E-state index contributed by atoms with van der Waals surface area (Å²) in [6.45, 7) is 6.49. The fourth-order valence-electron chi connectivity index (χ4n) is 4.96. The number of nitrogens with one attached hydrogen (secondary N) is 1. The second-order valence-corrected chi connectivity index (χ2v) is 10.9. The highest BCUT2D eigenvalue weighted by Crippen LogP contribution is 2.43. The molecule has 1 saturated heterocycles. The van der Waals surface area contributed by atoms with Gasteiger partial charge in [-0.3, -0.25) is 4.79 Å². The fraction of sp³-hybridized carbons (Fsp3) is 0.538. The minimum atomic E-state index is -3.33. The first-order valence-electron chi connectivity index (χ1n) is 12.8. The van der Waals surface area contributed by atoms with E-state index in [0.717, 1.165) is 24.9 Å². The molecule has 1 saturated carbocycles. The number of hydrogen-bond acceptors (Lipinski definition) is 8. The molecule has 1 aliphatic carbocycles. The zero-order valence-corrected chi connectivity index (χ0v) is 22.3. The Morgan fingerprint density at radius 3 is 2.56 bits per heavy atom. The van der Waals surface area contributed by atoms with Gasteiger partial charge in [0, 0.05) is 25.3 Å². The Labute approximate surface area is 225 Å². The van der Waals surface area contributed by atoms with Crippen molar-refractivity contribution in [2.45, 2.75) is 64.1 Å². The number of fused-ring (bicyclic) bond motifs is 1. The minimum Gasteiger partial charge on any atom is -0.492 e. The summed E-state index contributed by atoms with van der Waals surface area (Å²) in [7, 11) is -1.84. The van der Waals surface area contributed by atoms with Crippen LogP contribution in [-0.4, -0.2) is 55.9 Å². The molecule has 0 bridgehead atoms. The van der Waals surface area contributed by atoms with Crippen LogP contribution in [0, 0.1) is 17.2 Å². The van der Waals surface area contributed by atoms with Gasteiger partial charge in [-0.2, -0.15) is 5.26 Å². The van der Waals surface area contributed by atoms with Gasteiger partial charge in [-0.05, 0) is 64.5 Å². The molecule has 2 fully saturated rings. The molecule has 2 aromatic rings. The van der Waals surface area contributed by atoms with Crippen molar-refractivity contribution in [3.63, 3.8) is 0 Å². The Balaban J connectivity index is 1.60. The predicted molar refractivity (Wildman–Crippen MR) is 140 cm³/mol. The summed E-state index contributed by atoms with van der Waals surface area (Å²) >= 11 is 0. The number of methoxy groups -OCH3 is 1. The third kappa shape index (κ3) is 6.43. The topological polar surface area (TPSA) is 123 Å². The maximum absolute atomic E-state index is 13.1. The van der Waals surface area contributed by atoms with E-state index in [0.29, 0.717) is 30.8 Å². The number of halogens is 2. The van der Waals surface area contributed by atoms with Crippen molar-refractivity contribution in [2.75, 3.05) is 25.1 Å². The van der Waals surface area contributed by atoms with Crippen LogP contribution >= 0.6 is 0 Å². The van der Waals surface area contributed by atoms with Crippen LogP contribution in [0.4, 0.5) is 19.1 Å². The number of hydrogen-bond donors (Lipinski definition) is 1. The molecule has 1 amide bonds. The molecule has 4 rings (SSSR count). The van der Waals surface area contributed by atoms with Gasteiger partial charge in [-0.1, -0.05) is 0 Å². The first kappa shape index (κ1) is 28.2. The second kappa shape index (κ2) is 11.1. The lowest BCUT2D eigenvalue weighted by Gasteiger charge is -2.25. The number of carbonyl (C=O) groups is 2. The molecule has 1 N–H and O–H groups in total. The van der Waals surface area contributed by atoms with Crippen LogP contribution in [0.2, 0.25) is 0 Å². The van der Waals surface area contributed by atoms with Gasteiger partial charge in [0.15, 0.2) is 5.75 Å². The highest BCUT2D eigenvalue weighted by molar-refractivity contribution is 6.38. The van der Waals surface area contributed by atoms with Gasteiger partial charge in [-0.25, -0.2) is 18.2 Å². The van der Waals surface area contributed by atoms with Crippen LogP contribution in [0.25, 0.3) is 10.9 Å². The Hall–Kier alpha value is -3.82. The standard InChI is InChI=1S/C26H31BF2N4O6/c1-26(2,3)38-25(36)31-16(12-30)11-15-9-10-32(13-15)20-8-7-18-21(23(20)37-4)33(17-5-6-17)14-19(22(18)34)24(35)39-27(28)29/h7-8,14-17H,5-6,9-11,13H2,1-4H3,(H,31,36). The van der Waals surface area contributed by atoms with Gasteiger partial charge in [0.25, 0.3) is 0 Å². The minimum absolute atomic E-state index is 0.00279. The van der Waals surface area contributed by atoms with Crippen LogP contribution in [0.15, 0.2) is 23.1 Å². The Bertz CT molecular complexity index is 1370. The van der Waals surface area contributed by atoms with Crippen LogP contribution < -0.4 is 20.4 Å². The van der Waals surface area contributed by atoms with Gasteiger partial charge in [-0.15, -0.1) is 0 Å². The number of amides is 1. The average molecular weight is 544 g/mol. The van der Waals surface area contributed by atoms with E-state index in [1.54, 1.807) is 37.5 Å². The molecule has 39 heavy (non-hydrogen) atoms. The molecule has 2 unspecified atom stereocenters. The molecule has 13 heteroatoms. The molecule has 1 aromatic carbocycles. The van der Waals surface area contributed by atoms with Gasteiger partial charge < -0.3 is 28.9 Å². The third-order valence-corrected chi connectivity index (χ3v) is 6.73. The lowest BCUT2D eigenvalue weighted by Crippen LogP contribution is -2.39. The van der Waals surface area contributed by atoms with Crippen molar-refractivity contribution in [1.82, 2.24) is 9.88 Å². The number of ether oxygens (including phenoxy) is 2. The summed E-state index contributed by atoms with van der Waals surface area (Å²) in [5.41, 5.74) is -0.613. The van der Waals surface area contributed by atoms with Crippen LogP contribution in [0.3, 0.4) is 0 Å². The van der Waals surface area contributed by atoms with Crippen molar-refractivity contribution >= 4 is 36.1 Å². The summed E-state index contributed by atoms with van der Waals surface area (Å²) in [6, 6.07) is 4.70.